The van der Waals surface area contributed by atoms with Crippen molar-refractivity contribution in [1.82, 2.24) is 9.97 Å². The van der Waals surface area contributed by atoms with Gasteiger partial charge in [0.25, 0.3) is 0 Å². The van der Waals surface area contributed by atoms with Crippen LogP contribution < -0.4 is 5.32 Å². The first-order valence-corrected chi connectivity index (χ1v) is 6.39. The fourth-order valence-corrected chi connectivity index (χ4v) is 2.22. The van der Waals surface area contributed by atoms with Crippen LogP contribution in [0.4, 0.5) is 11.6 Å². The molecule has 3 nitrogen and oxygen atoms in total. The Morgan fingerprint density at radius 3 is 2.50 bits per heavy atom. The molecule has 1 fully saturated rings. The Bertz CT molecular complexity index is 553. The van der Waals surface area contributed by atoms with Crippen LogP contribution in [0.15, 0.2) is 30.5 Å². The van der Waals surface area contributed by atoms with Gasteiger partial charge in [-0.15, -0.1) is 0 Å². The van der Waals surface area contributed by atoms with E-state index in [-0.39, 0.29) is 0 Å². The van der Waals surface area contributed by atoms with Gasteiger partial charge in [-0.05, 0) is 56.0 Å². The molecule has 18 heavy (non-hydrogen) atoms. The second kappa shape index (κ2) is 4.41. The van der Waals surface area contributed by atoms with E-state index in [4.69, 9.17) is 0 Å². The maximum Gasteiger partial charge on any atom is 0.227 e. The summed E-state index contributed by atoms with van der Waals surface area (Å²) in [7, 11) is 0. The van der Waals surface area contributed by atoms with Gasteiger partial charge in [0, 0.05) is 23.5 Å². The molecule has 0 unspecified atom stereocenters. The molecule has 1 heterocycles. The molecule has 0 saturated heterocycles. The minimum Gasteiger partial charge on any atom is -0.324 e. The van der Waals surface area contributed by atoms with E-state index in [9.17, 15) is 0 Å². The highest BCUT2D eigenvalue weighted by molar-refractivity contribution is 5.56. The van der Waals surface area contributed by atoms with Crippen LogP contribution in [0, 0.1) is 13.8 Å². The summed E-state index contributed by atoms with van der Waals surface area (Å²) in [6, 6.07) is 8.40. The van der Waals surface area contributed by atoms with Crippen molar-refractivity contribution < 1.29 is 0 Å². The molecule has 0 bridgehead atoms. The molecule has 0 spiro atoms. The highest BCUT2D eigenvalue weighted by atomic mass is 15.1. The number of nitrogens with zero attached hydrogens (tertiary/aromatic N) is 2. The Balaban J connectivity index is 1.84. The number of rotatable bonds is 3. The molecule has 2 aromatic rings. The van der Waals surface area contributed by atoms with Crippen LogP contribution in [0.25, 0.3) is 0 Å². The summed E-state index contributed by atoms with van der Waals surface area (Å²) in [5, 5.41) is 3.29. The van der Waals surface area contributed by atoms with E-state index < -0.39 is 0 Å². The molecule has 1 aromatic heterocycles. The summed E-state index contributed by atoms with van der Waals surface area (Å²) >= 11 is 0. The Morgan fingerprint density at radius 2 is 1.83 bits per heavy atom. The molecule has 0 atom stereocenters. The summed E-state index contributed by atoms with van der Waals surface area (Å²) in [4.78, 5) is 8.85. The van der Waals surface area contributed by atoms with E-state index in [1.54, 1.807) is 0 Å². The van der Waals surface area contributed by atoms with Crippen molar-refractivity contribution in [3.63, 3.8) is 0 Å². The Labute approximate surface area is 107 Å². The lowest BCUT2D eigenvalue weighted by Crippen LogP contribution is -1.99. The highest BCUT2D eigenvalue weighted by Crippen LogP contribution is 2.39. The second-order valence-corrected chi connectivity index (χ2v) is 5.08. The molecular formula is C15H17N3. The van der Waals surface area contributed by atoms with Gasteiger partial charge in [0.2, 0.25) is 5.95 Å². The van der Waals surface area contributed by atoms with E-state index in [0.717, 1.165) is 11.4 Å². The molecule has 92 valence electrons. The summed E-state index contributed by atoms with van der Waals surface area (Å²) in [6.45, 7) is 4.19. The standard InChI is InChI=1S/C15H17N3/c1-10-7-11(2)9-13(8-10)17-15-16-6-5-14(18-15)12-3-4-12/h5-9,12H,3-4H2,1-2H3,(H,16,17,18). The molecule has 1 aromatic carbocycles. The summed E-state index contributed by atoms with van der Waals surface area (Å²) in [5.41, 5.74) is 4.71. The zero-order valence-corrected chi connectivity index (χ0v) is 10.8. The van der Waals surface area contributed by atoms with Crippen LogP contribution in [0.2, 0.25) is 0 Å². The van der Waals surface area contributed by atoms with E-state index in [1.807, 2.05) is 12.3 Å². The largest absolute Gasteiger partial charge is 0.324 e. The van der Waals surface area contributed by atoms with Gasteiger partial charge in [0.05, 0.1) is 0 Å². The van der Waals surface area contributed by atoms with Crippen LogP contribution >= 0.6 is 0 Å². The van der Waals surface area contributed by atoms with Crippen LogP contribution in [0.5, 0.6) is 0 Å². The maximum absolute atomic E-state index is 4.57. The monoisotopic (exact) mass is 239 g/mol. The fourth-order valence-electron chi connectivity index (χ4n) is 2.22. The lowest BCUT2D eigenvalue weighted by atomic mass is 10.1. The first-order valence-electron chi connectivity index (χ1n) is 6.39. The molecule has 0 aliphatic heterocycles. The van der Waals surface area contributed by atoms with Gasteiger partial charge >= 0.3 is 0 Å². The average Bonchev–Trinajstić information content (AvgIpc) is 3.11. The fraction of sp³-hybridized carbons (Fsp3) is 0.333. The topological polar surface area (TPSA) is 37.8 Å². The van der Waals surface area contributed by atoms with Gasteiger partial charge in [-0.2, -0.15) is 0 Å². The SMILES string of the molecule is Cc1cc(C)cc(Nc2nccc(C3CC3)n2)c1. The van der Waals surface area contributed by atoms with Gasteiger partial charge in [-0.1, -0.05) is 6.07 Å². The van der Waals surface area contributed by atoms with Gasteiger partial charge in [0.15, 0.2) is 0 Å². The van der Waals surface area contributed by atoms with Crippen LogP contribution in [-0.2, 0) is 0 Å². The number of aryl methyl sites for hydroxylation is 2. The number of nitrogens with one attached hydrogen (secondary N) is 1. The smallest absolute Gasteiger partial charge is 0.227 e. The predicted molar refractivity (Wildman–Crippen MR) is 73.2 cm³/mol. The molecule has 3 heteroatoms. The van der Waals surface area contributed by atoms with Crippen molar-refractivity contribution in [2.75, 3.05) is 5.32 Å². The van der Waals surface area contributed by atoms with Gasteiger partial charge in [-0.3, -0.25) is 0 Å². The third-order valence-electron chi connectivity index (χ3n) is 3.15. The van der Waals surface area contributed by atoms with Gasteiger partial charge < -0.3 is 5.32 Å². The first kappa shape index (κ1) is 11.2. The number of aromatic nitrogens is 2. The molecular weight excluding hydrogens is 222 g/mol. The van der Waals surface area contributed by atoms with Gasteiger partial charge in [-0.25, -0.2) is 9.97 Å². The van der Waals surface area contributed by atoms with Crippen molar-refractivity contribution in [2.45, 2.75) is 32.6 Å². The van der Waals surface area contributed by atoms with Crippen molar-refractivity contribution in [3.8, 4) is 0 Å². The Morgan fingerprint density at radius 1 is 1.11 bits per heavy atom. The molecule has 3 rings (SSSR count). The molecule has 1 aliphatic carbocycles. The van der Waals surface area contributed by atoms with Crippen LogP contribution in [0.1, 0.15) is 35.6 Å². The molecule has 0 radical (unpaired) electrons. The third-order valence-corrected chi connectivity index (χ3v) is 3.15. The average molecular weight is 239 g/mol. The van der Waals surface area contributed by atoms with Crippen molar-refractivity contribution >= 4 is 11.6 Å². The zero-order chi connectivity index (χ0) is 12.5. The number of hydrogen-bond acceptors (Lipinski definition) is 3. The quantitative estimate of drug-likeness (QED) is 0.887. The van der Waals surface area contributed by atoms with E-state index >= 15 is 0 Å². The minimum absolute atomic E-state index is 0.660. The predicted octanol–water partition coefficient (Wildman–Crippen LogP) is 3.71. The lowest BCUT2D eigenvalue weighted by Gasteiger charge is -2.08. The Hall–Kier alpha value is -1.90. The van der Waals surface area contributed by atoms with Crippen LogP contribution in [-0.4, -0.2) is 9.97 Å². The summed E-state index contributed by atoms with van der Waals surface area (Å²) < 4.78 is 0. The minimum atomic E-state index is 0.660. The third kappa shape index (κ3) is 2.50. The normalized spacial score (nSPS) is 14.6. The molecule has 1 N–H and O–H groups in total. The molecule has 1 saturated carbocycles. The zero-order valence-electron chi connectivity index (χ0n) is 10.8. The van der Waals surface area contributed by atoms with E-state index in [1.165, 1.54) is 24.0 Å². The number of anilines is 2. The van der Waals surface area contributed by atoms with Crippen LogP contribution in [0.3, 0.4) is 0 Å². The van der Waals surface area contributed by atoms with E-state index in [2.05, 4.69) is 47.3 Å². The Kier molecular flexibility index (Phi) is 2.74. The number of hydrogen-bond donors (Lipinski definition) is 1. The molecule has 1 aliphatic rings. The summed E-state index contributed by atoms with van der Waals surface area (Å²) in [5.74, 6) is 1.36. The van der Waals surface area contributed by atoms with Crippen molar-refractivity contribution in [3.05, 3.63) is 47.3 Å². The van der Waals surface area contributed by atoms with Crippen molar-refractivity contribution in [2.24, 2.45) is 0 Å². The first-order chi connectivity index (χ1) is 8.70. The van der Waals surface area contributed by atoms with Crippen molar-refractivity contribution in [1.29, 1.82) is 0 Å². The summed E-state index contributed by atoms with van der Waals surface area (Å²) in [6.07, 6.45) is 4.37. The van der Waals surface area contributed by atoms with E-state index in [0.29, 0.717) is 11.9 Å². The second-order valence-electron chi connectivity index (χ2n) is 5.08. The maximum atomic E-state index is 4.57. The van der Waals surface area contributed by atoms with Gasteiger partial charge in [0.1, 0.15) is 0 Å². The number of benzene rings is 1. The molecule has 0 amide bonds. The highest BCUT2D eigenvalue weighted by Gasteiger charge is 2.25. The lowest BCUT2D eigenvalue weighted by molar-refractivity contribution is 0.993.